The highest BCUT2D eigenvalue weighted by molar-refractivity contribution is 6.31. The molecule has 0 fully saturated rings. The molecule has 1 N–H and O–H groups in total. The Morgan fingerprint density at radius 1 is 1.41 bits per heavy atom. The molecule has 0 aliphatic heterocycles. The molecule has 2 rings (SSSR count). The average molecular weight is 254 g/mol. The molecule has 2 aromatic rings. The molecule has 0 spiro atoms. The van der Waals surface area contributed by atoms with Crippen LogP contribution in [0.15, 0.2) is 18.2 Å². The molecule has 0 aliphatic rings. The summed E-state index contributed by atoms with van der Waals surface area (Å²) < 4.78 is 2.03. The van der Waals surface area contributed by atoms with Gasteiger partial charge in [0.15, 0.2) is 0 Å². The third-order valence-electron chi connectivity index (χ3n) is 2.70. The number of rotatable bonds is 4. The van der Waals surface area contributed by atoms with Crippen molar-refractivity contribution in [3.63, 3.8) is 0 Å². The fourth-order valence-corrected chi connectivity index (χ4v) is 1.99. The van der Waals surface area contributed by atoms with Gasteiger partial charge in [-0.1, -0.05) is 11.6 Å². The second-order valence-corrected chi connectivity index (χ2v) is 4.71. The molecule has 1 aromatic heterocycles. The molecule has 0 aliphatic carbocycles. The summed E-state index contributed by atoms with van der Waals surface area (Å²) in [5, 5.41) is 9.99. The van der Waals surface area contributed by atoms with Gasteiger partial charge in [0.25, 0.3) is 0 Å². The van der Waals surface area contributed by atoms with Gasteiger partial charge in [-0.25, -0.2) is 4.98 Å². The average Bonchev–Trinajstić information content (AvgIpc) is 2.63. The summed E-state index contributed by atoms with van der Waals surface area (Å²) in [6, 6.07) is 5.61. The van der Waals surface area contributed by atoms with Crippen molar-refractivity contribution in [1.29, 1.82) is 0 Å². The van der Waals surface area contributed by atoms with Crippen LogP contribution in [0, 0.1) is 0 Å². The fraction of sp³-hybridized carbons (Fsp3) is 0.417. The summed E-state index contributed by atoms with van der Waals surface area (Å²) in [5.41, 5.74) is 1.85. The standard InChI is InChI=1S/C12H16ClN3O/c1-15(2)5-6-16-11-4-3-9(13)7-10(11)14-12(16)8-17/h3-4,7,17H,5-6,8H2,1-2H3. The second-order valence-electron chi connectivity index (χ2n) is 4.27. The Morgan fingerprint density at radius 2 is 2.18 bits per heavy atom. The van der Waals surface area contributed by atoms with E-state index in [-0.39, 0.29) is 6.61 Å². The first-order chi connectivity index (χ1) is 8.11. The second kappa shape index (κ2) is 5.04. The maximum absolute atomic E-state index is 9.32. The van der Waals surface area contributed by atoms with Gasteiger partial charge in [-0.2, -0.15) is 0 Å². The molecule has 0 saturated heterocycles. The van der Waals surface area contributed by atoms with Crippen LogP contribution in [-0.4, -0.2) is 40.2 Å². The van der Waals surface area contributed by atoms with Gasteiger partial charge >= 0.3 is 0 Å². The van der Waals surface area contributed by atoms with Crippen LogP contribution in [0.4, 0.5) is 0 Å². The number of nitrogens with zero attached hydrogens (tertiary/aromatic N) is 3. The molecular weight excluding hydrogens is 238 g/mol. The van der Waals surface area contributed by atoms with E-state index in [1.54, 1.807) is 0 Å². The van der Waals surface area contributed by atoms with Crippen molar-refractivity contribution in [1.82, 2.24) is 14.5 Å². The molecule has 0 amide bonds. The minimum atomic E-state index is -0.0558. The Bertz CT molecular complexity index is 522. The predicted octanol–water partition coefficient (Wildman–Crippen LogP) is 1.74. The summed E-state index contributed by atoms with van der Waals surface area (Å²) in [6.45, 7) is 1.65. The Morgan fingerprint density at radius 3 is 2.82 bits per heavy atom. The van der Waals surface area contributed by atoms with Crippen molar-refractivity contribution in [3.8, 4) is 0 Å². The van der Waals surface area contributed by atoms with Gasteiger partial charge in [0.2, 0.25) is 0 Å². The smallest absolute Gasteiger partial charge is 0.135 e. The van der Waals surface area contributed by atoms with Crippen molar-refractivity contribution in [2.24, 2.45) is 0 Å². The third kappa shape index (κ3) is 2.60. The molecule has 1 heterocycles. The summed E-state index contributed by atoms with van der Waals surface area (Å²) >= 11 is 5.93. The van der Waals surface area contributed by atoms with Crippen molar-refractivity contribution in [2.45, 2.75) is 13.2 Å². The SMILES string of the molecule is CN(C)CCn1c(CO)nc2cc(Cl)ccc21. The number of likely N-dealkylation sites (N-methyl/N-ethyl adjacent to an activating group) is 1. The lowest BCUT2D eigenvalue weighted by molar-refractivity contribution is 0.263. The first-order valence-electron chi connectivity index (χ1n) is 5.52. The molecule has 0 radical (unpaired) electrons. The largest absolute Gasteiger partial charge is 0.388 e. The number of benzene rings is 1. The molecule has 0 atom stereocenters. The predicted molar refractivity (Wildman–Crippen MR) is 69.2 cm³/mol. The maximum Gasteiger partial charge on any atom is 0.135 e. The Hall–Kier alpha value is -1.10. The van der Waals surface area contributed by atoms with Gasteiger partial charge in [-0.05, 0) is 32.3 Å². The summed E-state index contributed by atoms with van der Waals surface area (Å²) in [4.78, 5) is 6.48. The lowest BCUT2D eigenvalue weighted by atomic mass is 10.3. The zero-order chi connectivity index (χ0) is 12.4. The van der Waals surface area contributed by atoms with Gasteiger partial charge in [-0.3, -0.25) is 0 Å². The monoisotopic (exact) mass is 253 g/mol. The van der Waals surface area contributed by atoms with E-state index in [2.05, 4.69) is 9.88 Å². The van der Waals surface area contributed by atoms with E-state index < -0.39 is 0 Å². The fourth-order valence-electron chi connectivity index (χ4n) is 1.82. The van der Waals surface area contributed by atoms with E-state index in [0.29, 0.717) is 10.8 Å². The van der Waals surface area contributed by atoms with Gasteiger partial charge in [0.1, 0.15) is 12.4 Å². The minimum absolute atomic E-state index is 0.0558. The van der Waals surface area contributed by atoms with Crippen LogP contribution in [0.2, 0.25) is 5.02 Å². The topological polar surface area (TPSA) is 41.3 Å². The molecule has 4 nitrogen and oxygen atoms in total. The van der Waals surface area contributed by atoms with E-state index >= 15 is 0 Å². The molecule has 17 heavy (non-hydrogen) atoms. The number of aliphatic hydroxyl groups is 1. The van der Waals surface area contributed by atoms with Crippen molar-refractivity contribution < 1.29 is 5.11 Å². The van der Waals surface area contributed by atoms with Crippen LogP contribution >= 0.6 is 11.6 Å². The van der Waals surface area contributed by atoms with Gasteiger partial charge in [0.05, 0.1) is 11.0 Å². The van der Waals surface area contributed by atoms with Crippen molar-refractivity contribution in [2.75, 3.05) is 20.6 Å². The molecule has 92 valence electrons. The van der Waals surface area contributed by atoms with Crippen LogP contribution in [0.1, 0.15) is 5.82 Å². The first-order valence-corrected chi connectivity index (χ1v) is 5.90. The number of hydrogen-bond acceptors (Lipinski definition) is 3. The molecule has 0 bridgehead atoms. The molecular formula is C12H16ClN3O. The normalized spacial score (nSPS) is 11.6. The highest BCUT2D eigenvalue weighted by atomic mass is 35.5. The van der Waals surface area contributed by atoms with Crippen LogP contribution in [0.3, 0.4) is 0 Å². The number of fused-ring (bicyclic) bond motifs is 1. The Labute approximate surface area is 105 Å². The molecule has 5 heteroatoms. The lowest BCUT2D eigenvalue weighted by Crippen LogP contribution is -2.19. The lowest BCUT2D eigenvalue weighted by Gasteiger charge is -2.12. The molecule has 0 unspecified atom stereocenters. The minimum Gasteiger partial charge on any atom is -0.388 e. The quantitative estimate of drug-likeness (QED) is 0.903. The third-order valence-corrected chi connectivity index (χ3v) is 2.94. The van der Waals surface area contributed by atoms with Crippen LogP contribution in [0.5, 0.6) is 0 Å². The van der Waals surface area contributed by atoms with Crippen LogP contribution < -0.4 is 0 Å². The number of aliphatic hydroxyl groups excluding tert-OH is 1. The molecule has 1 aromatic carbocycles. The number of halogens is 1. The Balaban J connectivity index is 2.43. The summed E-state index contributed by atoms with van der Waals surface area (Å²) in [7, 11) is 4.04. The van der Waals surface area contributed by atoms with E-state index in [1.165, 1.54) is 0 Å². The number of hydrogen-bond donors (Lipinski definition) is 1. The number of aromatic nitrogens is 2. The van der Waals surface area contributed by atoms with E-state index in [1.807, 2.05) is 36.9 Å². The zero-order valence-electron chi connectivity index (χ0n) is 10.0. The van der Waals surface area contributed by atoms with E-state index in [4.69, 9.17) is 11.6 Å². The Kier molecular flexibility index (Phi) is 3.66. The first kappa shape index (κ1) is 12.4. The highest BCUT2D eigenvalue weighted by Gasteiger charge is 2.10. The summed E-state index contributed by atoms with van der Waals surface area (Å²) in [6.07, 6.45) is 0. The van der Waals surface area contributed by atoms with Crippen LogP contribution in [-0.2, 0) is 13.2 Å². The van der Waals surface area contributed by atoms with Crippen molar-refractivity contribution >= 4 is 22.6 Å². The van der Waals surface area contributed by atoms with Gasteiger partial charge < -0.3 is 14.6 Å². The maximum atomic E-state index is 9.32. The van der Waals surface area contributed by atoms with Crippen molar-refractivity contribution in [3.05, 3.63) is 29.0 Å². The molecule has 0 saturated carbocycles. The summed E-state index contributed by atoms with van der Waals surface area (Å²) in [5.74, 6) is 0.684. The highest BCUT2D eigenvalue weighted by Crippen LogP contribution is 2.20. The van der Waals surface area contributed by atoms with E-state index in [0.717, 1.165) is 24.1 Å². The zero-order valence-corrected chi connectivity index (χ0v) is 10.8. The number of imidazole rings is 1. The van der Waals surface area contributed by atoms with Gasteiger partial charge in [-0.15, -0.1) is 0 Å². The van der Waals surface area contributed by atoms with Crippen LogP contribution in [0.25, 0.3) is 11.0 Å². The van der Waals surface area contributed by atoms with Gasteiger partial charge in [0, 0.05) is 18.1 Å². The van der Waals surface area contributed by atoms with E-state index in [9.17, 15) is 5.11 Å².